The summed E-state index contributed by atoms with van der Waals surface area (Å²) >= 11 is 0. The Bertz CT molecular complexity index is 847. The number of hydrogen-bond acceptors (Lipinski definition) is 3. The fourth-order valence-corrected chi connectivity index (χ4v) is 3.26. The fourth-order valence-electron chi connectivity index (χ4n) is 3.26. The summed E-state index contributed by atoms with van der Waals surface area (Å²) in [5.74, 6) is 0.966. The number of nitrogens with zero attached hydrogens (tertiary/aromatic N) is 2. The van der Waals surface area contributed by atoms with Crippen molar-refractivity contribution in [2.24, 2.45) is 0 Å². The molecule has 5 heteroatoms. The number of hydrogen-bond donors (Lipinski definition) is 1. The van der Waals surface area contributed by atoms with Crippen molar-refractivity contribution >= 4 is 22.5 Å². The second-order valence-corrected chi connectivity index (χ2v) is 6.30. The molecular weight excluding hydrogens is 314 g/mol. The molecule has 1 fully saturated rings. The summed E-state index contributed by atoms with van der Waals surface area (Å²) in [4.78, 5) is 16.8. The average molecular weight is 335 g/mol. The van der Waals surface area contributed by atoms with Crippen LogP contribution in [0.1, 0.15) is 5.76 Å². The number of nitrogens with one attached hydrogen (secondary N) is 1. The Balaban J connectivity index is 1.37. The number of carbonyl (C=O) groups is 1. The quantitative estimate of drug-likeness (QED) is 0.792. The van der Waals surface area contributed by atoms with Gasteiger partial charge in [-0.1, -0.05) is 36.4 Å². The number of fused-ring (bicyclic) bond motifs is 1. The maximum atomic E-state index is 12.6. The molecule has 128 valence electrons. The van der Waals surface area contributed by atoms with Gasteiger partial charge in [-0.2, -0.15) is 0 Å². The van der Waals surface area contributed by atoms with Crippen LogP contribution in [0.3, 0.4) is 0 Å². The molecule has 2 aromatic carbocycles. The van der Waals surface area contributed by atoms with Crippen LogP contribution >= 0.6 is 0 Å². The number of anilines is 1. The maximum absolute atomic E-state index is 12.6. The highest BCUT2D eigenvalue weighted by Crippen LogP contribution is 2.23. The van der Waals surface area contributed by atoms with E-state index in [1.54, 1.807) is 6.26 Å². The number of rotatable bonds is 3. The molecule has 0 aliphatic carbocycles. The minimum atomic E-state index is -0.0333. The number of urea groups is 1. The van der Waals surface area contributed by atoms with Crippen LogP contribution in [-0.2, 0) is 6.54 Å². The highest BCUT2D eigenvalue weighted by Gasteiger charge is 2.22. The van der Waals surface area contributed by atoms with E-state index >= 15 is 0 Å². The lowest BCUT2D eigenvalue weighted by Crippen LogP contribution is -2.49. The summed E-state index contributed by atoms with van der Waals surface area (Å²) in [5.41, 5.74) is 0.862. The predicted molar refractivity (Wildman–Crippen MR) is 98.5 cm³/mol. The number of carbonyl (C=O) groups excluding carboxylic acids is 1. The van der Waals surface area contributed by atoms with E-state index in [2.05, 4.69) is 22.3 Å². The lowest BCUT2D eigenvalue weighted by molar-refractivity contribution is 0.137. The molecule has 0 unspecified atom stereocenters. The van der Waals surface area contributed by atoms with Gasteiger partial charge >= 0.3 is 6.03 Å². The fraction of sp³-hybridized carbons (Fsp3) is 0.250. The Morgan fingerprint density at radius 3 is 2.56 bits per heavy atom. The molecule has 0 bridgehead atoms. The maximum Gasteiger partial charge on any atom is 0.321 e. The number of furan rings is 1. The molecule has 1 aromatic heterocycles. The van der Waals surface area contributed by atoms with Crippen molar-refractivity contribution in [1.82, 2.24) is 9.80 Å². The Kier molecular flexibility index (Phi) is 4.39. The molecule has 0 radical (unpaired) electrons. The van der Waals surface area contributed by atoms with E-state index in [1.807, 2.05) is 47.4 Å². The minimum Gasteiger partial charge on any atom is -0.468 e. The second-order valence-electron chi connectivity index (χ2n) is 6.30. The molecule has 1 aliphatic heterocycles. The monoisotopic (exact) mass is 335 g/mol. The Morgan fingerprint density at radius 1 is 0.960 bits per heavy atom. The van der Waals surface area contributed by atoms with Crippen LogP contribution in [0.25, 0.3) is 10.8 Å². The van der Waals surface area contributed by atoms with Crippen LogP contribution in [0.5, 0.6) is 0 Å². The van der Waals surface area contributed by atoms with Crippen LogP contribution in [0.4, 0.5) is 10.5 Å². The van der Waals surface area contributed by atoms with E-state index in [-0.39, 0.29) is 6.03 Å². The van der Waals surface area contributed by atoms with Crippen LogP contribution in [0.15, 0.2) is 65.3 Å². The van der Waals surface area contributed by atoms with Crippen LogP contribution < -0.4 is 5.32 Å². The lowest BCUT2D eigenvalue weighted by atomic mass is 10.1. The Morgan fingerprint density at radius 2 is 1.76 bits per heavy atom. The number of piperazine rings is 1. The second kappa shape index (κ2) is 6.99. The molecule has 25 heavy (non-hydrogen) atoms. The molecule has 4 rings (SSSR count). The average Bonchev–Trinajstić information content (AvgIpc) is 3.16. The number of amides is 2. The SMILES string of the molecule is O=C(Nc1cccc2ccccc12)N1CCN(Cc2ccco2)CC1. The third-order valence-electron chi connectivity index (χ3n) is 4.65. The Labute approximate surface area is 146 Å². The van der Waals surface area contributed by atoms with Crippen molar-refractivity contribution in [2.45, 2.75) is 6.54 Å². The first-order valence-corrected chi connectivity index (χ1v) is 8.58. The van der Waals surface area contributed by atoms with Gasteiger partial charge in [0.15, 0.2) is 0 Å². The first-order valence-electron chi connectivity index (χ1n) is 8.58. The third kappa shape index (κ3) is 3.51. The first kappa shape index (κ1) is 15.7. The molecule has 1 N–H and O–H groups in total. The summed E-state index contributed by atoms with van der Waals surface area (Å²) in [6, 6.07) is 17.9. The normalized spacial score (nSPS) is 15.4. The van der Waals surface area contributed by atoms with Crippen molar-refractivity contribution in [3.63, 3.8) is 0 Å². The summed E-state index contributed by atoms with van der Waals surface area (Å²) in [7, 11) is 0. The highest BCUT2D eigenvalue weighted by atomic mass is 16.3. The predicted octanol–water partition coefficient (Wildman–Crippen LogP) is 3.78. The van der Waals surface area contributed by atoms with Crippen molar-refractivity contribution in [2.75, 3.05) is 31.5 Å². The van der Waals surface area contributed by atoms with E-state index in [1.165, 1.54) is 0 Å². The molecule has 0 saturated carbocycles. The van der Waals surface area contributed by atoms with Gasteiger partial charge in [-0.05, 0) is 23.6 Å². The minimum absolute atomic E-state index is 0.0333. The van der Waals surface area contributed by atoms with Crippen LogP contribution in [0.2, 0.25) is 0 Å². The molecule has 3 aromatic rings. The summed E-state index contributed by atoms with van der Waals surface area (Å²) in [5, 5.41) is 5.26. The van der Waals surface area contributed by atoms with Gasteiger partial charge in [0, 0.05) is 31.6 Å². The molecule has 2 amide bonds. The standard InChI is InChI=1S/C20H21N3O2/c24-20(21-19-9-3-6-16-5-1-2-8-18(16)19)23-12-10-22(11-13-23)15-17-7-4-14-25-17/h1-9,14H,10-13,15H2,(H,21,24). The van der Waals surface area contributed by atoms with Gasteiger partial charge in [0.05, 0.1) is 18.5 Å². The van der Waals surface area contributed by atoms with E-state index in [4.69, 9.17) is 4.42 Å². The van der Waals surface area contributed by atoms with Crippen molar-refractivity contribution < 1.29 is 9.21 Å². The largest absolute Gasteiger partial charge is 0.468 e. The van der Waals surface area contributed by atoms with E-state index < -0.39 is 0 Å². The van der Waals surface area contributed by atoms with Crippen molar-refractivity contribution in [1.29, 1.82) is 0 Å². The highest BCUT2D eigenvalue weighted by molar-refractivity contribution is 6.01. The van der Waals surface area contributed by atoms with Gasteiger partial charge in [-0.15, -0.1) is 0 Å². The van der Waals surface area contributed by atoms with Crippen molar-refractivity contribution in [3.05, 3.63) is 66.6 Å². The Hall–Kier alpha value is -2.79. The van der Waals surface area contributed by atoms with Gasteiger partial charge in [0.25, 0.3) is 0 Å². The summed E-state index contributed by atoms with van der Waals surface area (Å²) in [6.45, 7) is 3.94. The van der Waals surface area contributed by atoms with Gasteiger partial charge in [-0.25, -0.2) is 4.79 Å². The molecule has 0 atom stereocenters. The van der Waals surface area contributed by atoms with Crippen LogP contribution in [0, 0.1) is 0 Å². The number of benzene rings is 2. The molecular formula is C20H21N3O2. The van der Waals surface area contributed by atoms with Gasteiger partial charge in [-0.3, -0.25) is 4.90 Å². The first-order chi connectivity index (χ1) is 12.3. The zero-order valence-corrected chi connectivity index (χ0v) is 14.0. The molecule has 5 nitrogen and oxygen atoms in total. The third-order valence-corrected chi connectivity index (χ3v) is 4.65. The zero-order chi connectivity index (χ0) is 17.1. The van der Waals surface area contributed by atoms with Crippen LogP contribution in [-0.4, -0.2) is 42.0 Å². The smallest absolute Gasteiger partial charge is 0.321 e. The van der Waals surface area contributed by atoms with Gasteiger partial charge < -0.3 is 14.6 Å². The summed E-state index contributed by atoms with van der Waals surface area (Å²) < 4.78 is 5.40. The van der Waals surface area contributed by atoms with Gasteiger partial charge in [0.1, 0.15) is 5.76 Å². The zero-order valence-electron chi connectivity index (χ0n) is 14.0. The molecule has 1 saturated heterocycles. The molecule has 0 spiro atoms. The lowest BCUT2D eigenvalue weighted by Gasteiger charge is -2.34. The molecule has 1 aliphatic rings. The van der Waals surface area contributed by atoms with E-state index in [9.17, 15) is 4.79 Å². The van der Waals surface area contributed by atoms with E-state index in [0.29, 0.717) is 0 Å². The molecule has 2 heterocycles. The summed E-state index contributed by atoms with van der Waals surface area (Å²) in [6.07, 6.45) is 1.70. The van der Waals surface area contributed by atoms with Crippen molar-refractivity contribution in [3.8, 4) is 0 Å². The van der Waals surface area contributed by atoms with E-state index in [0.717, 1.165) is 54.9 Å². The topological polar surface area (TPSA) is 48.7 Å². The van der Waals surface area contributed by atoms with Gasteiger partial charge in [0.2, 0.25) is 0 Å².